The minimum Gasteiger partial charge on any atom is -1.00 e. The Balaban J connectivity index is 0.00000541. The van der Waals surface area contributed by atoms with Gasteiger partial charge in [0.1, 0.15) is 34.6 Å². The lowest BCUT2D eigenvalue weighted by atomic mass is 10.1. The fourth-order valence-electron chi connectivity index (χ4n) is 7.02. The number of benzene rings is 5. The van der Waals surface area contributed by atoms with Gasteiger partial charge in [0.15, 0.2) is 0 Å². The van der Waals surface area contributed by atoms with Crippen molar-refractivity contribution in [1.29, 1.82) is 0 Å². The van der Waals surface area contributed by atoms with Crippen LogP contribution in [-0.4, -0.2) is 23.2 Å². The average molecular weight is 855 g/mol. The van der Waals surface area contributed by atoms with Crippen molar-refractivity contribution in [2.24, 2.45) is 7.05 Å². The second-order valence-electron chi connectivity index (χ2n) is 13.3. The molecule has 6 rings (SSSR count). The molecule has 0 atom stereocenters. The van der Waals surface area contributed by atoms with Crippen molar-refractivity contribution < 1.29 is 26.5 Å². The van der Waals surface area contributed by atoms with Crippen LogP contribution in [0.4, 0.5) is 5.69 Å². The smallest absolute Gasteiger partial charge is 0.274 e. The second kappa shape index (κ2) is 19.9. The number of anilines is 1. The molecule has 0 spiro atoms. The molecule has 0 aliphatic rings. The summed E-state index contributed by atoms with van der Waals surface area (Å²) in [5.41, 5.74) is 1.26. The zero-order chi connectivity index (χ0) is 36.2. The molecule has 1 aromatic heterocycles. The topological polar surface area (TPSA) is 60.3 Å². The summed E-state index contributed by atoms with van der Waals surface area (Å²) < 4.78 is 8.42. The second-order valence-corrected chi connectivity index (χ2v) is 17.9. The number of pyridine rings is 1. The number of hydrogen-bond acceptors (Lipinski definition) is 3. The number of halogens is 2. The minimum absolute atomic E-state index is 0. The van der Waals surface area contributed by atoms with Gasteiger partial charge in [-0.05, 0) is 104 Å². The first-order chi connectivity index (χ1) is 25.5. The van der Waals surface area contributed by atoms with Crippen LogP contribution in [0.5, 0.6) is 5.75 Å². The Morgan fingerprint density at radius 1 is 0.660 bits per heavy atom. The van der Waals surface area contributed by atoms with Gasteiger partial charge in [0.05, 0.1) is 18.3 Å². The van der Waals surface area contributed by atoms with Gasteiger partial charge in [-0.25, -0.2) is 0 Å². The van der Waals surface area contributed by atoms with Crippen molar-refractivity contribution in [2.45, 2.75) is 51.4 Å². The number of carbonyl (C=O) groups is 1. The summed E-state index contributed by atoms with van der Waals surface area (Å²) >= 11 is 3.47. The maximum Gasteiger partial charge on any atom is 0.274 e. The number of unbranched alkanes of at least 4 members (excludes halogenated alkanes) is 7. The van der Waals surface area contributed by atoms with Crippen molar-refractivity contribution >= 4 is 61.6 Å². The summed E-state index contributed by atoms with van der Waals surface area (Å²) in [5, 5.41) is 8.05. The molecule has 1 amide bonds. The number of rotatable bonds is 17. The molecule has 0 radical (unpaired) electrons. The van der Waals surface area contributed by atoms with E-state index in [2.05, 4.69) is 112 Å². The molecule has 53 heavy (non-hydrogen) atoms. The van der Waals surface area contributed by atoms with E-state index in [9.17, 15) is 9.59 Å². The molecule has 5 aromatic carbocycles. The number of hydrogen-bond donors (Lipinski definition) is 1. The molecule has 1 heterocycles. The SMILES string of the molecule is Cn1c(=O)c(NC(=O)c2ccc(OCCCCCCCCCC[P+](c3ccccc3)(c3ccccc3)c3ccccc3)cc2)cc2cc(Br)ccc21.[Br-]. The van der Waals surface area contributed by atoms with Crippen LogP contribution in [0.2, 0.25) is 0 Å². The Morgan fingerprint density at radius 3 is 1.72 bits per heavy atom. The van der Waals surface area contributed by atoms with Crippen molar-refractivity contribution in [3.8, 4) is 5.75 Å². The number of aromatic nitrogens is 1. The van der Waals surface area contributed by atoms with E-state index in [0.717, 1.165) is 34.0 Å². The zero-order valence-electron chi connectivity index (χ0n) is 30.2. The van der Waals surface area contributed by atoms with E-state index in [1.165, 1.54) is 60.6 Å². The van der Waals surface area contributed by atoms with E-state index in [4.69, 9.17) is 4.74 Å². The Labute approximate surface area is 333 Å². The van der Waals surface area contributed by atoms with E-state index >= 15 is 0 Å². The molecule has 274 valence electrons. The molecular formula is C45H47Br2N2O3P. The highest BCUT2D eigenvalue weighted by molar-refractivity contribution is 9.10. The van der Waals surface area contributed by atoms with Crippen molar-refractivity contribution in [3.05, 3.63) is 160 Å². The van der Waals surface area contributed by atoms with Crippen molar-refractivity contribution in [2.75, 3.05) is 18.1 Å². The predicted octanol–water partition coefficient (Wildman–Crippen LogP) is 7.05. The number of nitrogens with one attached hydrogen (secondary N) is 1. The average Bonchev–Trinajstić information content (AvgIpc) is 3.18. The zero-order valence-corrected chi connectivity index (χ0v) is 34.3. The predicted molar refractivity (Wildman–Crippen MR) is 224 cm³/mol. The lowest BCUT2D eigenvalue weighted by molar-refractivity contribution is -0.0000183. The largest absolute Gasteiger partial charge is 1.00 e. The summed E-state index contributed by atoms with van der Waals surface area (Å²) in [7, 11) is -0.0282. The number of aryl methyl sites for hydroxylation is 1. The van der Waals surface area contributed by atoms with Crippen LogP contribution in [-0.2, 0) is 7.05 Å². The van der Waals surface area contributed by atoms with Crippen LogP contribution in [0.25, 0.3) is 10.9 Å². The summed E-state index contributed by atoms with van der Waals surface area (Å²) in [5.74, 6) is 0.408. The molecule has 0 fully saturated rings. The Bertz CT molecular complexity index is 2010. The maximum absolute atomic E-state index is 12.9. The van der Waals surface area contributed by atoms with Crippen LogP contribution >= 0.6 is 23.2 Å². The monoisotopic (exact) mass is 852 g/mol. The molecular weight excluding hydrogens is 807 g/mol. The molecule has 1 N–H and O–H groups in total. The summed E-state index contributed by atoms with van der Waals surface area (Å²) in [6.07, 6.45) is 10.8. The van der Waals surface area contributed by atoms with Gasteiger partial charge in [0.2, 0.25) is 0 Å². The first-order valence-corrected chi connectivity index (χ1v) is 21.1. The molecule has 8 heteroatoms. The van der Waals surface area contributed by atoms with Gasteiger partial charge in [-0.2, -0.15) is 0 Å². The number of nitrogens with zero attached hydrogens (tertiary/aromatic N) is 1. The van der Waals surface area contributed by atoms with E-state index < -0.39 is 7.26 Å². The fraction of sp³-hybridized carbons (Fsp3) is 0.244. The summed E-state index contributed by atoms with van der Waals surface area (Å²) in [4.78, 5) is 25.8. The fourth-order valence-corrected chi connectivity index (χ4v) is 11.8. The van der Waals surface area contributed by atoms with E-state index in [1.807, 2.05) is 30.3 Å². The first kappa shape index (κ1) is 40.2. The number of amides is 1. The maximum atomic E-state index is 12.9. The lowest BCUT2D eigenvalue weighted by Crippen LogP contribution is -3.00. The summed E-state index contributed by atoms with van der Waals surface area (Å²) in [6.45, 7) is 0.651. The highest BCUT2D eigenvalue weighted by Crippen LogP contribution is 2.56. The van der Waals surface area contributed by atoms with Gasteiger partial charge in [-0.3, -0.25) is 9.59 Å². The van der Waals surface area contributed by atoms with Gasteiger partial charge in [-0.15, -0.1) is 0 Å². The van der Waals surface area contributed by atoms with Gasteiger partial charge < -0.3 is 31.6 Å². The van der Waals surface area contributed by atoms with Crippen LogP contribution < -0.4 is 48.5 Å². The van der Waals surface area contributed by atoms with Gasteiger partial charge in [0, 0.05) is 22.5 Å². The van der Waals surface area contributed by atoms with E-state index in [-0.39, 0.29) is 34.1 Å². The molecule has 0 bridgehead atoms. The molecule has 6 aromatic rings. The molecule has 0 unspecified atom stereocenters. The third-order valence-corrected chi connectivity index (χ3v) is 14.8. The highest BCUT2D eigenvalue weighted by Gasteiger charge is 2.44. The molecule has 0 aliphatic heterocycles. The van der Waals surface area contributed by atoms with Gasteiger partial charge >= 0.3 is 0 Å². The lowest BCUT2D eigenvalue weighted by Gasteiger charge is -2.27. The van der Waals surface area contributed by atoms with Crippen molar-refractivity contribution in [1.82, 2.24) is 4.57 Å². The van der Waals surface area contributed by atoms with Crippen molar-refractivity contribution in [3.63, 3.8) is 0 Å². The Kier molecular flexibility index (Phi) is 15.1. The van der Waals surface area contributed by atoms with Crippen LogP contribution in [0, 0.1) is 0 Å². The molecule has 0 aliphatic carbocycles. The minimum atomic E-state index is -1.73. The number of carbonyl (C=O) groups excluding carboxylic acids is 1. The number of ether oxygens (including phenoxy) is 1. The van der Waals surface area contributed by atoms with Gasteiger partial charge in [0.25, 0.3) is 11.5 Å². The Hall–Kier alpha value is -4.03. The van der Waals surface area contributed by atoms with E-state index in [0.29, 0.717) is 12.2 Å². The third-order valence-electron chi connectivity index (χ3n) is 9.80. The first-order valence-electron chi connectivity index (χ1n) is 18.3. The standard InChI is InChI=1S/C45H46BrN2O3P.BrH/c1-48-43-30-27-37(46)33-36(43)34-42(45(48)50)47-44(49)35-25-28-38(29-26-35)51-31-17-6-4-2-3-5-7-18-32-52(39-19-11-8-12-20-39,40-21-13-9-14-22-40)41-23-15-10-16-24-41;/h8-16,19-30,33-34H,2-7,17-18,31-32H2,1H3;1H. The number of fused-ring (bicyclic) bond motifs is 1. The molecule has 0 saturated heterocycles. The Morgan fingerprint density at radius 2 is 1.17 bits per heavy atom. The molecule has 5 nitrogen and oxygen atoms in total. The quantitative estimate of drug-likeness (QED) is 0.0792. The highest BCUT2D eigenvalue weighted by atomic mass is 79.9. The summed E-state index contributed by atoms with van der Waals surface area (Å²) in [6, 6.07) is 48.1. The third kappa shape index (κ3) is 10.1. The van der Waals surface area contributed by atoms with Crippen LogP contribution in [0.15, 0.2) is 149 Å². The van der Waals surface area contributed by atoms with Gasteiger partial charge in [-0.1, -0.05) is 103 Å². The van der Waals surface area contributed by atoms with E-state index in [1.54, 1.807) is 29.8 Å². The normalized spacial score (nSPS) is 11.2. The van der Waals surface area contributed by atoms with Crippen LogP contribution in [0.3, 0.4) is 0 Å². The molecule has 0 saturated carbocycles. The van der Waals surface area contributed by atoms with Crippen LogP contribution in [0.1, 0.15) is 61.7 Å².